The quantitative estimate of drug-likeness (QED) is 0.355. The van der Waals surface area contributed by atoms with Gasteiger partial charge >= 0.3 is 0 Å². The lowest BCUT2D eigenvalue weighted by Crippen LogP contribution is -2.58. The van der Waals surface area contributed by atoms with E-state index < -0.39 is 24.5 Å². The number of anilines is 1. The Morgan fingerprint density at radius 1 is 1.04 bits per heavy atom. The molecule has 0 saturated carbocycles. The predicted octanol–water partition coefficient (Wildman–Crippen LogP) is 1.21. The zero-order chi connectivity index (χ0) is 20.5. The second-order valence-corrected chi connectivity index (χ2v) is 7.49. The van der Waals surface area contributed by atoms with Crippen molar-refractivity contribution < 1.29 is 24.9 Å². The number of aryl methyl sites for hydroxylation is 1. The summed E-state index contributed by atoms with van der Waals surface area (Å²) in [6.07, 6.45) is -2.82. The molecule has 1 aliphatic rings. The Kier molecular flexibility index (Phi) is 10.3. The van der Waals surface area contributed by atoms with Gasteiger partial charge in [-0.25, -0.2) is 0 Å². The van der Waals surface area contributed by atoms with Gasteiger partial charge in [0.25, 0.3) is 0 Å². The number of aliphatic hydroxyl groups excluding tert-OH is 3. The highest BCUT2D eigenvalue weighted by Gasteiger charge is 2.40. The van der Waals surface area contributed by atoms with Gasteiger partial charge in [-0.1, -0.05) is 12.1 Å². The molecule has 0 aliphatic carbocycles. The highest BCUT2D eigenvalue weighted by Crippen LogP contribution is 2.20. The van der Waals surface area contributed by atoms with E-state index in [9.17, 15) is 15.3 Å². The maximum absolute atomic E-state index is 10.1. The van der Waals surface area contributed by atoms with Crippen LogP contribution >= 0.6 is 23.2 Å². The number of alkyl halides is 2. The molecule has 2 rings (SSSR count). The van der Waals surface area contributed by atoms with Crippen molar-refractivity contribution in [3.05, 3.63) is 29.8 Å². The Balaban J connectivity index is 1.86. The van der Waals surface area contributed by atoms with Crippen LogP contribution in [-0.4, -0.2) is 90.0 Å². The SMILES string of the molecule is CON(CCCc1ccc(N(CCCl)CCCl)cc1)C1OC[C@@H](O)[C@H](O)[C@@H]1O. The number of aliphatic hydroxyl groups is 3. The van der Waals surface area contributed by atoms with Crippen molar-refractivity contribution in [2.75, 3.05) is 50.0 Å². The van der Waals surface area contributed by atoms with Crippen LogP contribution in [0.2, 0.25) is 0 Å². The molecule has 1 fully saturated rings. The molecule has 7 nitrogen and oxygen atoms in total. The molecule has 1 unspecified atom stereocenters. The zero-order valence-corrected chi connectivity index (χ0v) is 17.6. The fourth-order valence-corrected chi connectivity index (χ4v) is 3.66. The van der Waals surface area contributed by atoms with Gasteiger partial charge in [-0.3, -0.25) is 4.84 Å². The predicted molar refractivity (Wildman–Crippen MR) is 110 cm³/mol. The molecule has 4 atom stereocenters. The van der Waals surface area contributed by atoms with Crippen molar-refractivity contribution in [2.45, 2.75) is 37.4 Å². The molecular weight excluding hydrogens is 407 g/mol. The lowest BCUT2D eigenvalue weighted by molar-refractivity contribution is -0.305. The molecule has 1 saturated heterocycles. The maximum Gasteiger partial charge on any atom is 0.161 e. The van der Waals surface area contributed by atoms with Crippen LogP contribution in [0.5, 0.6) is 0 Å². The van der Waals surface area contributed by atoms with Crippen LogP contribution in [0.3, 0.4) is 0 Å². The number of nitrogens with zero attached hydrogens (tertiary/aromatic N) is 2. The third-order valence-electron chi connectivity index (χ3n) is 4.85. The average Bonchev–Trinajstić information content (AvgIpc) is 2.71. The van der Waals surface area contributed by atoms with E-state index in [1.165, 1.54) is 17.7 Å². The standard InChI is InChI=1S/C19H30Cl2N2O5/c1-27-23(19-18(26)17(25)16(24)13-28-19)10-2-3-14-4-6-15(7-5-14)22(11-8-20)12-9-21/h4-7,16-19,24-26H,2-3,8-13H2,1H3/t16-,17+,18+,19?/m1/s1. The number of hydroxylamine groups is 2. The number of hydrogen-bond acceptors (Lipinski definition) is 7. The van der Waals surface area contributed by atoms with Gasteiger partial charge in [0.15, 0.2) is 6.23 Å². The molecule has 1 aromatic carbocycles. The van der Waals surface area contributed by atoms with Crippen LogP contribution in [0.25, 0.3) is 0 Å². The van der Waals surface area contributed by atoms with Gasteiger partial charge in [0, 0.05) is 37.1 Å². The highest BCUT2D eigenvalue weighted by molar-refractivity contribution is 6.18. The minimum absolute atomic E-state index is 0.0503. The van der Waals surface area contributed by atoms with E-state index in [1.54, 1.807) is 0 Å². The zero-order valence-electron chi connectivity index (χ0n) is 16.1. The second-order valence-electron chi connectivity index (χ2n) is 6.73. The summed E-state index contributed by atoms with van der Waals surface area (Å²) in [4.78, 5) is 7.46. The van der Waals surface area contributed by atoms with Crippen molar-refractivity contribution in [3.63, 3.8) is 0 Å². The van der Waals surface area contributed by atoms with Gasteiger partial charge in [0.1, 0.15) is 18.3 Å². The number of halogens is 2. The number of hydrogen-bond donors (Lipinski definition) is 3. The molecule has 160 valence electrons. The molecule has 1 heterocycles. The van der Waals surface area contributed by atoms with Crippen LogP contribution in [0.4, 0.5) is 5.69 Å². The molecule has 0 bridgehead atoms. The molecular formula is C19H30Cl2N2O5. The molecule has 0 amide bonds. The minimum Gasteiger partial charge on any atom is -0.388 e. The van der Waals surface area contributed by atoms with E-state index in [4.69, 9.17) is 32.8 Å². The summed E-state index contributed by atoms with van der Waals surface area (Å²) in [7, 11) is 1.49. The van der Waals surface area contributed by atoms with Crippen LogP contribution in [0.1, 0.15) is 12.0 Å². The normalized spacial score (nSPS) is 25.2. The van der Waals surface area contributed by atoms with Gasteiger partial charge in [-0.15, -0.1) is 23.2 Å². The molecule has 0 spiro atoms. The first-order chi connectivity index (χ1) is 13.5. The Morgan fingerprint density at radius 3 is 2.25 bits per heavy atom. The van der Waals surface area contributed by atoms with Gasteiger partial charge < -0.3 is 25.0 Å². The summed E-state index contributed by atoms with van der Waals surface area (Å²) in [5.74, 6) is 1.10. The molecule has 28 heavy (non-hydrogen) atoms. The van der Waals surface area contributed by atoms with Crippen LogP contribution in [-0.2, 0) is 16.0 Å². The van der Waals surface area contributed by atoms with E-state index in [-0.39, 0.29) is 6.61 Å². The number of benzene rings is 1. The topological polar surface area (TPSA) is 85.6 Å². The Morgan fingerprint density at radius 2 is 1.68 bits per heavy atom. The van der Waals surface area contributed by atoms with E-state index in [0.29, 0.717) is 18.3 Å². The van der Waals surface area contributed by atoms with Crippen molar-refractivity contribution in [1.82, 2.24) is 5.06 Å². The summed E-state index contributed by atoms with van der Waals surface area (Å²) in [5.41, 5.74) is 2.27. The fraction of sp³-hybridized carbons (Fsp3) is 0.684. The van der Waals surface area contributed by atoms with Gasteiger partial charge in [0.05, 0.1) is 13.7 Å². The van der Waals surface area contributed by atoms with E-state index in [1.807, 2.05) is 0 Å². The fourth-order valence-electron chi connectivity index (χ4n) is 3.25. The first-order valence-electron chi connectivity index (χ1n) is 9.44. The smallest absolute Gasteiger partial charge is 0.161 e. The summed E-state index contributed by atoms with van der Waals surface area (Å²) in [6.45, 7) is 1.96. The van der Waals surface area contributed by atoms with Crippen molar-refractivity contribution in [3.8, 4) is 0 Å². The lowest BCUT2D eigenvalue weighted by Gasteiger charge is -2.40. The third-order valence-corrected chi connectivity index (χ3v) is 5.18. The summed E-state index contributed by atoms with van der Waals surface area (Å²) in [6, 6.07) is 8.28. The summed E-state index contributed by atoms with van der Waals surface area (Å²) >= 11 is 11.7. The monoisotopic (exact) mass is 436 g/mol. The van der Waals surface area contributed by atoms with Gasteiger partial charge in [-0.05, 0) is 30.5 Å². The molecule has 0 radical (unpaired) electrons. The average molecular weight is 437 g/mol. The molecule has 0 aromatic heterocycles. The Hall–Kier alpha value is -0.640. The maximum atomic E-state index is 10.1. The highest BCUT2D eigenvalue weighted by atomic mass is 35.5. The Bertz CT molecular complexity index is 560. The summed E-state index contributed by atoms with van der Waals surface area (Å²) in [5, 5.41) is 31.0. The third kappa shape index (κ3) is 6.43. The largest absolute Gasteiger partial charge is 0.388 e. The van der Waals surface area contributed by atoms with Crippen LogP contribution < -0.4 is 4.90 Å². The van der Waals surface area contributed by atoms with E-state index >= 15 is 0 Å². The van der Waals surface area contributed by atoms with E-state index in [2.05, 4.69) is 29.2 Å². The first-order valence-corrected chi connectivity index (χ1v) is 10.5. The molecule has 1 aliphatic heterocycles. The summed E-state index contributed by atoms with van der Waals surface area (Å²) < 4.78 is 5.43. The van der Waals surface area contributed by atoms with Gasteiger partial charge in [-0.2, -0.15) is 5.06 Å². The number of rotatable bonds is 11. The lowest BCUT2D eigenvalue weighted by atomic mass is 10.0. The number of ether oxygens (including phenoxy) is 1. The molecule has 9 heteroatoms. The minimum atomic E-state index is -1.26. The molecule has 1 aromatic rings. The van der Waals surface area contributed by atoms with Crippen molar-refractivity contribution in [1.29, 1.82) is 0 Å². The second kappa shape index (κ2) is 12.1. The Labute approximate surface area is 176 Å². The van der Waals surface area contributed by atoms with Crippen molar-refractivity contribution in [2.24, 2.45) is 0 Å². The first kappa shape index (κ1) is 23.6. The van der Waals surface area contributed by atoms with Crippen LogP contribution in [0.15, 0.2) is 24.3 Å². The van der Waals surface area contributed by atoms with Crippen LogP contribution in [0, 0.1) is 0 Å². The van der Waals surface area contributed by atoms with Crippen molar-refractivity contribution >= 4 is 28.9 Å². The van der Waals surface area contributed by atoms with E-state index in [0.717, 1.165) is 31.6 Å². The molecule has 3 N–H and O–H groups in total. The van der Waals surface area contributed by atoms with Gasteiger partial charge in [0.2, 0.25) is 0 Å².